The van der Waals surface area contributed by atoms with Crippen molar-refractivity contribution in [3.05, 3.63) is 0 Å². The van der Waals surface area contributed by atoms with Gasteiger partial charge in [-0.3, -0.25) is 4.90 Å². The zero-order valence-electron chi connectivity index (χ0n) is 10.8. The van der Waals surface area contributed by atoms with Gasteiger partial charge in [-0.25, -0.2) is 0 Å². The van der Waals surface area contributed by atoms with Gasteiger partial charge in [-0.05, 0) is 5.92 Å². The van der Waals surface area contributed by atoms with Crippen molar-refractivity contribution in [2.45, 2.75) is 44.8 Å². The van der Waals surface area contributed by atoms with Gasteiger partial charge in [0.1, 0.15) is 5.60 Å². The first-order chi connectivity index (χ1) is 8.19. The van der Waals surface area contributed by atoms with Crippen LogP contribution >= 0.6 is 0 Å². The molecule has 96 valence electrons. The Morgan fingerprint density at radius 3 is 2.47 bits per heavy atom. The molecule has 3 heterocycles. The van der Waals surface area contributed by atoms with Gasteiger partial charge in [0.2, 0.25) is 0 Å². The highest BCUT2D eigenvalue weighted by Crippen LogP contribution is 2.36. The first kappa shape index (κ1) is 11.5. The molecule has 0 bridgehead atoms. The summed E-state index contributed by atoms with van der Waals surface area (Å²) >= 11 is 0. The van der Waals surface area contributed by atoms with E-state index < -0.39 is 0 Å². The molecule has 0 aromatic heterocycles. The zero-order chi connectivity index (χ0) is 11.9. The molecule has 0 aromatic carbocycles. The van der Waals surface area contributed by atoms with Crippen molar-refractivity contribution in [1.82, 2.24) is 4.90 Å². The third-order valence-corrected chi connectivity index (χ3v) is 4.37. The summed E-state index contributed by atoms with van der Waals surface area (Å²) in [6, 6.07) is 0.666. The lowest BCUT2D eigenvalue weighted by Gasteiger charge is -2.43. The summed E-state index contributed by atoms with van der Waals surface area (Å²) in [6.07, 6.45) is 3.27. The highest BCUT2D eigenvalue weighted by Gasteiger charge is 2.44. The molecule has 2 saturated heterocycles. The van der Waals surface area contributed by atoms with Crippen LogP contribution in [-0.4, -0.2) is 48.6 Å². The van der Waals surface area contributed by atoms with Crippen LogP contribution in [0.4, 0.5) is 0 Å². The molecule has 0 N–H and O–H groups in total. The lowest BCUT2D eigenvalue weighted by atomic mass is 9.84. The number of oxime groups is 1. The molecule has 0 saturated carbocycles. The minimum absolute atomic E-state index is 0.0285. The summed E-state index contributed by atoms with van der Waals surface area (Å²) in [5, 5.41) is 4.29. The fourth-order valence-electron chi connectivity index (χ4n) is 2.86. The third kappa shape index (κ3) is 2.08. The van der Waals surface area contributed by atoms with Crippen LogP contribution < -0.4 is 0 Å². The number of ether oxygens (including phenoxy) is 1. The highest BCUT2D eigenvalue weighted by molar-refractivity contribution is 5.87. The number of hydrogen-bond donors (Lipinski definition) is 0. The Kier molecular flexibility index (Phi) is 2.87. The summed E-state index contributed by atoms with van der Waals surface area (Å²) in [5.41, 5.74) is 1.27. The molecule has 3 aliphatic rings. The Balaban J connectivity index is 1.55. The van der Waals surface area contributed by atoms with Crippen LogP contribution in [0, 0.1) is 5.92 Å². The van der Waals surface area contributed by atoms with E-state index in [0.29, 0.717) is 12.0 Å². The fraction of sp³-hybridized carbons (Fsp3) is 0.923. The molecular weight excluding hydrogens is 216 g/mol. The third-order valence-electron chi connectivity index (χ3n) is 4.37. The van der Waals surface area contributed by atoms with Gasteiger partial charge >= 0.3 is 0 Å². The summed E-state index contributed by atoms with van der Waals surface area (Å²) in [5.74, 6) is 0.521. The van der Waals surface area contributed by atoms with Crippen LogP contribution in [0.1, 0.15) is 33.1 Å². The molecule has 17 heavy (non-hydrogen) atoms. The van der Waals surface area contributed by atoms with E-state index in [1.165, 1.54) is 5.71 Å². The van der Waals surface area contributed by atoms with Crippen molar-refractivity contribution >= 4 is 5.71 Å². The van der Waals surface area contributed by atoms with Gasteiger partial charge < -0.3 is 9.57 Å². The van der Waals surface area contributed by atoms with E-state index in [1.54, 1.807) is 0 Å². The standard InChI is InChI=1S/C13H22N2O2/c1-10(2)12-7-13(17-14-12)3-5-15(6-4-13)11-8-16-9-11/h10-11H,3-9H2,1-2H3. The Bertz CT molecular complexity index is 315. The first-order valence-corrected chi connectivity index (χ1v) is 6.75. The van der Waals surface area contributed by atoms with Crippen LogP contribution in [0.2, 0.25) is 0 Å². The van der Waals surface area contributed by atoms with Gasteiger partial charge in [-0.2, -0.15) is 0 Å². The number of piperidine rings is 1. The van der Waals surface area contributed by atoms with Gasteiger partial charge in [-0.1, -0.05) is 19.0 Å². The molecule has 2 fully saturated rings. The maximum absolute atomic E-state index is 5.77. The second-order valence-electron chi connectivity index (χ2n) is 5.92. The Hall–Kier alpha value is -0.610. The van der Waals surface area contributed by atoms with Crippen molar-refractivity contribution in [1.29, 1.82) is 0 Å². The second kappa shape index (κ2) is 4.25. The van der Waals surface area contributed by atoms with Gasteiger partial charge in [0, 0.05) is 32.4 Å². The van der Waals surface area contributed by atoms with E-state index in [0.717, 1.165) is 45.6 Å². The number of nitrogens with zero attached hydrogens (tertiary/aromatic N) is 2. The van der Waals surface area contributed by atoms with Crippen LogP contribution in [0.15, 0.2) is 5.16 Å². The molecule has 0 aliphatic carbocycles. The van der Waals surface area contributed by atoms with Crippen molar-refractivity contribution in [3.63, 3.8) is 0 Å². The van der Waals surface area contributed by atoms with Gasteiger partial charge in [0.15, 0.2) is 0 Å². The van der Waals surface area contributed by atoms with Crippen molar-refractivity contribution in [3.8, 4) is 0 Å². The molecule has 3 rings (SSSR count). The molecule has 0 aromatic rings. The summed E-state index contributed by atoms with van der Waals surface area (Å²) < 4.78 is 5.26. The smallest absolute Gasteiger partial charge is 0.145 e. The molecule has 4 heteroatoms. The van der Waals surface area contributed by atoms with Crippen molar-refractivity contribution < 1.29 is 9.57 Å². The molecule has 0 atom stereocenters. The second-order valence-corrected chi connectivity index (χ2v) is 5.92. The van der Waals surface area contributed by atoms with Crippen LogP contribution in [-0.2, 0) is 9.57 Å². The average Bonchev–Trinajstić information content (AvgIpc) is 2.64. The summed E-state index contributed by atoms with van der Waals surface area (Å²) in [6.45, 7) is 8.50. The first-order valence-electron chi connectivity index (χ1n) is 6.75. The number of rotatable bonds is 2. The molecule has 1 spiro atoms. The molecule has 3 aliphatic heterocycles. The topological polar surface area (TPSA) is 34.1 Å². The predicted octanol–water partition coefficient (Wildman–Crippen LogP) is 1.65. The maximum atomic E-state index is 5.77. The Labute approximate surface area is 103 Å². The Morgan fingerprint density at radius 2 is 2.00 bits per heavy atom. The molecule has 4 nitrogen and oxygen atoms in total. The van der Waals surface area contributed by atoms with E-state index in [9.17, 15) is 0 Å². The van der Waals surface area contributed by atoms with E-state index in [-0.39, 0.29) is 5.60 Å². The molecule has 0 amide bonds. The van der Waals surface area contributed by atoms with E-state index >= 15 is 0 Å². The van der Waals surface area contributed by atoms with Crippen molar-refractivity contribution in [2.75, 3.05) is 26.3 Å². The molecule has 0 radical (unpaired) electrons. The zero-order valence-corrected chi connectivity index (χ0v) is 10.8. The van der Waals surface area contributed by atoms with Gasteiger partial charge in [0.25, 0.3) is 0 Å². The average molecular weight is 238 g/mol. The minimum atomic E-state index is 0.0285. The SMILES string of the molecule is CC(C)C1=NOC2(CCN(C3COC3)CC2)C1. The number of hydrogen-bond acceptors (Lipinski definition) is 4. The highest BCUT2D eigenvalue weighted by atomic mass is 16.7. The molecule has 0 unspecified atom stereocenters. The maximum Gasteiger partial charge on any atom is 0.145 e. The van der Waals surface area contributed by atoms with Gasteiger partial charge in [-0.15, -0.1) is 0 Å². The number of likely N-dealkylation sites (tertiary alicyclic amines) is 1. The van der Waals surface area contributed by atoms with E-state index in [4.69, 9.17) is 9.57 Å². The van der Waals surface area contributed by atoms with Crippen molar-refractivity contribution in [2.24, 2.45) is 11.1 Å². The monoisotopic (exact) mass is 238 g/mol. The van der Waals surface area contributed by atoms with Gasteiger partial charge in [0.05, 0.1) is 25.0 Å². The normalized spacial score (nSPS) is 29.2. The van der Waals surface area contributed by atoms with Crippen LogP contribution in [0.25, 0.3) is 0 Å². The summed E-state index contributed by atoms with van der Waals surface area (Å²) in [4.78, 5) is 8.31. The van der Waals surface area contributed by atoms with Crippen LogP contribution in [0.3, 0.4) is 0 Å². The predicted molar refractivity (Wildman–Crippen MR) is 66.1 cm³/mol. The fourth-order valence-corrected chi connectivity index (χ4v) is 2.86. The minimum Gasteiger partial charge on any atom is -0.389 e. The quantitative estimate of drug-likeness (QED) is 0.733. The van der Waals surface area contributed by atoms with E-state index in [1.807, 2.05) is 0 Å². The largest absolute Gasteiger partial charge is 0.389 e. The van der Waals surface area contributed by atoms with E-state index in [2.05, 4.69) is 23.9 Å². The lowest BCUT2D eigenvalue weighted by molar-refractivity contribution is -0.110. The Morgan fingerprint density at radius 1 is 1.29 bits per heavy atom. The summed E-state index contributed by atoms with van der Waals surface area (Å²) in [7, 11) is 0. The van der Waals surface area contributed by atoms with Crippen LogP contribution in [0.5, 0.6) is 0 Å². The lowest BCUT2D eigenvalue weighted by Crippen LogP contribution is -2.55. The molecular formula is C13H22N2O2.